The SMILES string of the molecule is Cc1ccc(C(=O)CSc2ccccc2C(=O)[O-])cc1. The van der Waals surface area contributed by atoms with E-state index in [4.69, 9.17) is 0 Å². The Bertz CT molecular complexity index is 632. The molecule has 0 fully saturated rings. The second-order valence-electron chi connectivity index (χ2n) is 4.36. The molecule has 4 heteroatoms. The number of carbonyl (C=O) groups is 2. The van der Waals surface area contributed by atoms with Crippen LogP contribution in [0.4, 0.5) is 0 Å². The lowest BCUT2D eigenvalue weighted by molar-refractivity contribution is -0.255. The average molecular weight is 285 g/mol. The van der Waals surface area contributed by atoms with E-state index in [0.717, 1.165) is 5.56 Å². The van der Waals surface area contributed by atoms with Gasteiger partial charge in [-0.05, 0) is 13.0 Å². The third-order valence-corrected chi connectivity index (χ3v) is 3.91. The van der Waals surface area contributed by atoms with Crippen LogP contribution in [0.2, 0.25) is 0 Å². The fourth-order valence-corrected chi connectivity index (χ4v) is 2.66. The van der Waals surface area contributed by atoms with Crippen molar-refractivity contribution >= 4 is 23.5 Å². The molecule has 0 saturated heterocycles. The molecule has 0 aliphatic rings. The highest BCUT2D eigenvalue weighted by Gasteiger charge is 2.09. The molecule has 0 aromatic heterocycles. The van der Waals surface area contributed by atoms with Crippen molar-refractivity contribution in [1.29, 1.82) is 0 Å². The Morgan fingerprint density at radius 2 is 1.70 bits per heavy atom. The molecule has 0 heterocycles. The van der Waals surface area contributed by atoms with E-state index >= 15 is 0 Å². The first-order chi connectivity index (χ1) is 9.58. The number of Topliss-reactive ketones (excluding diaryl/α,β-unsaturated/α-hetero) is 1. The molecular formula is C16H13O3S-. The largest absolute Gasteiger partial charge is 0.545 e. The van der Waals surface area contributed by atoms with E-state index in [0.29, 0.717) is 10.5 Å². The summed E-state index contributed by atoms with van der Waals surface area (Å²) in [5.74, 6) is -1.05. The second-order valence-corrected chi connectivity index (χ2v) is 5.38. The summed E-state index contributed by atoms with van der Waals surface area (Å²) in [6, 6.07) is 13.9. The number of rotatable bonds is 5. The molecule has 2 rings (SSSR count). The number of carboxylic acid groups (broad SMARTS) is 1. The van der Waals surface area contributed by atoms with Gasteiger partial charge in [0.1, 0.15) is 0 Å². The van der Waals surface area contributed by atoms with E-state index in [1.165, 1.54) is 17.8 Å². The Labute approximate surface area is 121 Å². The van der Waals surface area contributed by atoms with Gasteiger partial charge in [0.15, 0.2) is 5.78 Å². The van der Waals surface area contributed by atoms with Crippen LogP contribution in [0.15, 0.2) is 53.4 Å². The van der Waals surface area contributed by atoms with Gasteiger partial charge in [0, 0.05) is 16.0 Å². The lowest BCUT2D eigenvalue weighted by Crippen LogP contribution is -2.23. The summed E-state index contributed by atoms with van der Waals surface area (Å²) in [6.45, 7) is 1.96. The van der Waals surface area contributed by atoms with Crippen molar-refractivity contribution in [3.05, 3.63) is 65.2 Å². The van der Waals surface area contributed by atoms with Crippen molar-refractivity contribution in [2.24, 2.45) is 0 Å². The maximum absolute atomic E-state index is 12.0. The molecule has 102 valence electrons. The zero-order chi connectivity index (χ0) is 14.5. The monoisotopic (exact) mass is 285 g/mol. The highest BCUT2D eigenvalue weighted by atomic mass is 32.2. The summed E-state index contributed by atoms with van der Waals surface area (Å²) in [7, 11) is 0. The minimum Gasteiger partial charge on any atom is -0.545 e. The fourth-order valence-electron chi connectivity index (χ4n) is 1.73. The number of carboxylic acids is 1. The molecule has 0 bridgehead atoms. The summed E-state index contributed by atoms with van der Waals surface area (Å²) >= 11 is 1.21. The highest BCUT2D eigenvalue weighted by Crippen LogP contribution is 2.23. The average Bonchev–Trinajstić information content (AvgIpc) is 2.45. The minimum absolute atomic E-state index is 0.0249. The number of aromatic carboxylic acids is 1. The third kappa shape index (κ3) is 3.48. The number of hydrogen-bond donors (Lipinski definition) is 0. The molecule has 2 aromatic rings. The Hall–Kier alpha value is -2.07. The Morgan fingerprint density at radius 1 is 1.05 bits per heavy atom. The molecular weight excluding hydrogens is 272 g/mol. The number of aryl methyl sites for hydroxylation is 1. The highest BCUT2D eigenvalue weighted by molar-refractivity contribution is 8.00. The van der Waals surface area contributed by atoms with Crippen molar-refractivity contribution in [2.45, 2.75) is 11.8 Å². The summed E-state index contributed by atoms with van der Waals surface area (Å²) in [6.07, 6.45) is 0. The van der Waals surface area contributed by atoms with Crippen LogP contribution in [0.5, 0.6) is 0 Å². The van der Waals surface area contributed by atoms with Crippen LogP contribution in [0, 0.1) is 6.92 Å². The molecule has 0 radical (unpaired) electrons. The molecule has 20 heavy (non-hydrogen) atoms. The molecule has 0 atom stereocenters. The van der Waals surface area contributed by atoms with Gasteiger partial charge < -0.3 is 9.90 Å². The van der Waals surface area contributed by atoms with Gasteiger partial charge in [0.2, 0.25) is 0 Å². The van der Waals surface area contributed by atoms with Crippen LogP contribution in [0.3, 0.4) is 0 Å². The van der Waals surface area contributed by atoms with Gasteiger partial charge in [-0.2, -0.15) is 0 Å². The summed E-state index contributed by atoms with van der Waals surface area (Å²) < 4.78 is 0. The van der Waals surface area contributed by atoms with Gasteiger partial charge >= 0.3 is 0 Å². The van der Waals surface area contributed by atoms with Gasteiger partial charge in [-0.3, -0.25) is 4.79 Å². The third-order valence-electron chi connectivity index (χ3n) is 2.84. The maximum Gasteiger partial charge on any atom is 0.173 e. The number of benzene rings is 2. The quantitative estimate of drug-likeness (QED) is 0.625. The van der Waals surface area contributed by atoms with Gasteiger partial charge in [-0.1, -0.05) is 48.0 Å². The van der Waals surface area contributed by atoms with E-state index in [2.05, 4.69) is 0 Å². The smallest absolute Gasteiger partial charge is 0.173 e. The maximum atomic E-state index is 12.0. The summed E-state index contributed by atoms with van der Waals surface area (Å²) in [5.41, 5.74) is 1.85. The van der Waals surface area contributed by atoms with E-state index in [1.807, 2.05) is 19.1 Å². The van der Waals surface area contributed by atoms with Gasteiger partial charge in [-0.15, -0.1) is 11.8 Å². The zero-order valence-corrected chi connectivity index (χ0v) is 11.8. The van der Waals surface area contributed by atoms with Crippen molar-refractivity contribution in [1.82, 2.24) is 0 Å². The number of carbonyl (C=O) groups excluding carboxylic acids is 2. The van der Waals surface area contributed by atoms with Crippen molar-refractivity contribution in [2.75, 3.05) is 5.75 Å². The standard InChI is InChI=1S/C16H14O3S/c1-11-6-8-12(9-7-11)14(17)10-20-15-5-3-2-4-13(15)16(18)19/h2-9H,10H2,1H3,(H,18,19)/p-1. The molecule has 2 aromatic carbocycles. The first-order valence-corrected chi connectivity index (χ1v) is 7.09. The summed E-state index contributed by atoms with van der Waals surface area (Å²) in [4.78, 5) is 23.5. The van der Waals surface area contributed by atoms with Crippen molar-refractivity contribution in [3.8, 4) is 0 Å². The topological polar surface area (TPSA) is 57.2 Å². The molecule has 0 spiro atoms. The van der Waals surface area contributed by atoms with Crippen LogP contribution in [-0.4, -0.2) is 17.5 Å². The molecule has 0 unspecified atom stereocenters. The molecule has 3 nitrogen and oxygen atoms in total. The number of ketones is 1. The Morgan fingerprint density at radius 3 is 2.35 bits per heavy atom. The molecule has 0 N–H and O–H groups in total. The van der Waals surface area contributed by atoms with Crippen LogP contribution < -0.4 is 5.11 Å². The van der Waals surface area contributed by atoms with E-state index in [-0.39, 0.29) is 17.1 Å². The Kier molecular flexibility index (Phi) is 4.58. The van der Waals surface area contributed by atoms with E-state index in [9.17, 15) is 14.7 Å². The van der Waals surface area contributed by atoms with Gasteiger partial charge in [0.05, 0.1) is 11.7 Å². The number of hydrogen-bond acceptors (Lipinski definition) is 4. The van der Waals surface area contributed by atoms with Gasteiger partial charge in [0.25, 0.3) is 0 Å². The first kappa shape index (κ1) is 14.3. The zero-order valence-electron chi connectivity index (χ0n) is 11.0. The van der Waals surface area contributed by atoms with Gasteiger partial charge in [-0.25, -0.2) is 0 Å². The lowest BCUT2D eigenvalue weighted by atomic mass is 10.1. The predicted molar refractivity (Wildman–Crippen MR) is 77.0 cm³/mol. The van der Waals surface area contributed by atoms with Crippen LogP contribution >= 0.6 is 11.8 Å². The van der Waals surface area contributed by atoms with Crippen molar-refractivity contribution < 1.29 is 14.7 Å². The lowest BCUT2D eigenvalue weighted by Gasteiger charge is -2.09. The normalized spacial score (nSPS) is 10.2. The molecule has 0 aliphatic heterocycles. The summed E-state index contributed by atoms with van der Waals surface area (Å²) in [5, 5.41) is 11.0. The molecule has 0 saturated carbocycles. The predicted octanol–water partition coefficient (Wildman–Crippen LogP) is 2.33. The first-order valence-electron chi connectivity index (χ1n) is 6.11. The van der Waals surface area contributed by atoms with E-state index in [1.54, 1.807) is 30.3 Å². The minimum atomic E-state index is -1.23. The van der Waals surface area contributed by atoms with Crippen LogP contribution in [0.1, 0.15) is 26.3 Å². The van der Waals surface area contributed by atoms with E-state index < -0.39 is 5.97 Å². The second kappa shape index (κ2) is 6.39. The Balaban J connectivity index is 2.07. The van der Waals surface area contributed by atoms with Crippen molar-refractivity contribution in [3.63, 3.8) is 0 Å². The molecule has 0 aliphatic carbocycles. The van der Waals surface area contributed by atoms with Crippen LogP contribution in [0.25, 0.3) is 0 Å². The van der Waals surface area contributed by atoms with Crippen LogP contribution in [-0.2, 0) is 0 Å². The fraction of sp³-hybridized carbons (Fsp3) is 0.125. The number of thioether (sulfide) groups is 1. The molecule has 0 amide bonds.